The van der Waals surface area contributed by atoms with Crippen LogP contribution in [0.15, 0.2) is 22.7 Å². The molecular formula is C15H21N3O3. The van der Waals surface area contributed by atoms with Gasteiger partial charge < -0.3 is 19.7 Å². The van der Waals surface area contributed by atoms with Crippen molar-refractivity contribution in [2.24, 2.45) is 5.73 Å². The second-order valence-electron chi connectivity index (χ2n) is 5.18. The van der Waals surface area contributed by atoms with Gasteiger partial charge in [0.05, 0.1) is 19.3 Å². The molecule has 0 radical (unpaired) electrons. The van der Waals surface area contributed by atoms with E-state index in [9.17, 15) is 0 Å². The van der Waals surface area contributed by atoms with Crippen molar-refractivity contribution in [3.63, 3.8) is 0 Å². The van der Waals surface area contributed by atoms with E-state index in [2.05, 4.69) is 10.1 Å². The summed E-state index contributed by atoms with van der Waals surface area (Å²) < 4.78 is 16.0. The van der Waals surface area contributed by atoms with Crippen LogP contribution in [0.5, 0.6) is 5.75 Å². The van der Waals surface area contributed by atoms with Gasteiger partial charge >= 0.3 is 0 Å². The Morgan fingerprint density at radius 3 is 2.81 bits per heavy atom. The fraction of sp³-hybridized carbons (Fsp3) is 0.467. The minimum absolute atomic E-state index is 0.327. The van der Waals surface area contributed by atoms with Crippen LogP contribution in [0.2, 0.25) is 0 Å². The molecule has 0 aliphatic heterocycles. The van der Waals surface area contributed by atoms with Crippen molar-refractivity contribution < 1.29 is 14.0 Å². The first-order chi connectivity index (χ1) is 9.97. The summed E-state index contributed by atoms with van der Waals surface area (Å²) in [5, 5.41) is 3.98. The van der Waals surface area contributed by atoms with Crippen LogP contribution in [0.4, 0.5) is 0 Å². The lowest BCUT2D eigenvalue weighted by Crippen LogP contribution is -2.39. The van der Waals surface area contributed by atoms with Crippen LogP contribution in [0.25, 0.3) is 11.5 Å². The molecule has 6 heteroatoms. The highest BCUT2D eigenvalue weighted by molar-refractivity contribution is 5.63. The molecule has 1 aromatic carbocycles. The first-order valence-corrected chi connectivity index (χ1v) is 6.83. The smallest absolute Gasteiger partial charge is 0.261 e. The van der Waals surface area contributed by atoms with Crippen molar-refractivity contribution in [1.82, 2.24) is 10.1 Å². The summed E-state index contributed by atoms with van der Waals surface area (Å²) in [5.41, 5.74) is 7.21. The van der Waals surface area contributed by atoms with E-state index in [0.717, 1.165) is 11.1 Å². The number of benzene rings is 1. The molecule has 1 unspecified atom stereocenters. The fourth-order valence-electron chi connectivity index (χ4n) is 1.93. The Morgan fingerprint density at radius 2 is 2.14 bits per heavy atom. The third-order valence-corrected chi connectivity index (χ3v) is 3.13. The molecule has 0 fully saturated rings. The molecule has 2 aromatic rings. The van der Waals surface area contributed by atoms with Gasteiger partial charge in [0, 0.05) is 6.61 Å². The standard InChI is InChI=1S/C15H21N3O3/c1-5-20-9-15(3,16)14-17-13(21-18-14)11-8-10(2)6-7-12(11)19-4/h6-8H,5,9,16H2,1-4H3. The first kappa shape index (κ1) is 15.5. The molecule has 0 bridgehead atoms. The highest BCUT2D eigenvalue weighted by Gasteiger charge is 2.28. The molecule has 0 amide bonds. The Labute approximate surface area is 124 Å². The van der Waals surface area contributed by atoms with Gasteiger partial charge in [-0.25, -0.2) is 0 Å². The maximum atomic E-state index is 6.17. The Bertz CT molecular complexity index is 608. The van der Waals surface area contributed by atoms with Gasteiger partial charge in [0.25, 0.3) is 5.89 Å². The predicted molar refractivity (Wildman–Crippen MR) is 79.1 cm³/mol. The van der Waals surface area contributed by atoms with Crippen molar-refractivity contribution in [3.8, 4) is 17.2 Å². The molecule has 0 aliphatic rings. The summed E-state index contributed by atoms with van der Waals surface area (Å²) in [4.78, 5) is 4.39. The van der Waals surface area contributed by atoms with Gasteiger partial charge in [-0.2, -0.15) is 4.98 Å². The van der Waals surface area contributed by atoms with Gasteiger partial charge in [-0.15, -0.1) is 0 Å². The first-order valence-electron chi connectivity index (χ1n) is 6.83. The Morgan fingerprint density at radius 1 is 1.38 bits per heavy atom. The number of hydrogen-bond acceptors (Lipinski definition) is 6. The van der Waals surface area contributed by atoms with E-state index in [-0.39, 0.29) is 0 Å². The minimum Gasteiger partial charge on any atom is -0.496 e. The Kier molecular flexibility index (Phi) is 4.59. The predicted octanol–water partition coefficient (Wildman–Crippen LogP) is 2.26. The maximum absolute atomic E-state index is 6.17. The van der Waals surface area contributed by atoms with E-state index < -0.39 is 5.54 Å². The molecule has 0 saturated heterocycles. The summed E-state index contributed by atoms with van der Waals surface area (Å²) in [6, 6.07) is 5.77. The van der Waals surface area contributed by atoms with Crippen LogP contribution in [0.1, 0.15) is 25.2 Å². The van der Waals surface area contributed by atoms with Crippen molar-refractivity contribution >= 4 is 0 Å². The Balaban J connectivity index is 2.34. The van der Waals surface area contributed by atoms with E-state index in [1.807, 2.05) is 39.0 Å². The molecule has 21 heavy (non-hydrogen) atoms. The van der Waals surface area contributed by atoms with Crippen LogP contribution in [0, 0.1) is 6.92 Å². The monoisotopic (exact) mass is 291 g/mol. The van der Waals surface area contributed by atoms with Crippen molar-refractivity contribution in [2.45, 2.75) is 26.3 Å². The summed E-state index contributed by atoms with van der Waals surface area (Å²) in [6.07, 6.45) is 0. The Hall–Kier alpha value is -1.92. The topological polar surface area (TPSA) is 83.4 Å². The zero-order valence-electron chi connectivity index (χ0n) is 12.8. The number of nitrogens with zero attached hydrogens (tertiary/aromatic N) is 2. The van der Waals surface area contributed by atoms with Gasteiger partial charge in [0.1, 0.15) is 11.3 Å². The number of ether oxygens (including phenoxy) is 2. The average Bonchev–Trinajstić information content (AvgIpc) is 2.95. The maximum Gasteiger partial charge on any atom is 0.261 e. The van der Waals surface area contributed by atoms with E-state index in [1.54, 1.807) is 7.11 Å². The van der Waals surface area contributed by atoms with Crippen molar-refractivity contribution in [2.75, 3.05) is 20.3 Å². The lowest BCUT2D eigenvalue weighted by molar-refractivity contribution is 0.0962. The van der Waals surface area contributed by atoms with Crippen LogP contribution in [-0.4, -0.2) is 30.5 Å². The third kappa shape index (κ3) is 3.40. The average molecular weight is 291 g/mol. The summed E-state index contributed by atoms with van der Waals surface area (Å²) >= 11 is 0. The molecule has 6 nitrogen and oxygen atoms in total. The fourth-order valence-corrected chi connectivity index (χ4v) is 1.93. The van der Waals surface area contributed by atoms with Crippen molar-refractivity contribution in [3.05, 3.63) is 29.6 Å². The molecule has 0 saturated carbocycles. The van der Waals surface area contributed by atoms with Crippen LogP contribution < -0.4 is 10.5 Å². The lowest BCUT2D eigenvalue weighted by atomic mass is 10.1. The molecule has 1 heterocycles. The number of methoxy groups -OCH3 is 1. The molecule has 114 valence electrons. The SMILES string of the molecule is CCOCC(C)(N)c1noc(-c2cc(C)ccc2OC)n1. The second kappa shape index (κ2) is 6.24. The van der Waals surface area contributed by atoms with E-state index in [1.165, 1.54) is 0 Å². The van der Waals surface area contributed by atoms with E-state index in [0.29, 0.717) is 30.7 Å². The molecule has 1 atom stereocenters. The normalized spacial score (nSPS) is 14.0. The van der Waals surface area contributed by atoms with Crippen LogP contribution in [-0.2, 0) is 10.3 Å². The highest BCUT2D eigenvalue weighted by Crippen LogP contribution is 2.30. The minimum atomic E-state index is -0.797. The zero-order valence-corrected chi connectivity index (χ0v) is 12.8. The van der Waals surface area contributed by atoms with Crippen LogP contribution in [0.3, 0.4) is 0 Å². The van der Waals surface area contributed by atoms with E-state index >= 15 is 0 Å². The van der Waals surface area contributed by atoms with E-state index in [4.69, 9.17) is 19.7 Å². The highest BCUT2D eigenvalue weighted by atomic mass is 16.5. The van der Waals surface area contributed by atoms with Gasteiger partial charge in [0.15, 0.2) is 5.82 Å². The summed E-state index contributed by atoms with van der Waals surface area (Å²) in [7, 11) is 1.60. The van der Waals surface area contributed by atoms with Crippen molar-refractivity contribution in [1.29, 1.82) is 0 Å². The van der Waals surface area contributed by atoms with Crippen LogP contribution >= 0.6 is 0 Å². The molecule has 0 spiro atoms. The molecular weight excluding hydrogens is 270 g/mol. The third-order valence-electron chi connectivity index (χ3n) is 3.13. The molecule has 0 aliphatic carbocycles. The number of aryl methyl sites for hydroxylation is 1. The number of rotatable bonds is 6. The quantitative estimate of drug-likeness (QED) is 0.879. The lowest BCUT2D eigenvalue weighted by Gasteiger charge is -2.19. The summed E-state index contributed by atoms with van der Waals surface area (Å²) in [6.45, 7) is 6.62. The number of hydrogen-bond donors (Lipinski definition) is 1. The zero-order chi connectivity index (χ0) is 15.5. The molecule has 2 N–H and O–H groups in total. The van der Waals surface area contributed by atoms with Gasteiger partial charge in [-0.3, -0.25) is 0 Å². The largest absolute Gasteiger partial charge is 0.496 e. The second-order valence-corrected chi connectivity index (χ2v) is 5.18. The van der Waals surface area contributed by atoms with Gasteiger partial charge in [-0.05, 0) is 32.9 Å². The molecule has 1 aromatic heterocycles. The number of nitrogens with two attached hydrogens (primary N) is 1. The summed E-state index contributed by atoms with van der Waals surface area (Å²) in [5.74, 6) is 1.48. The van der Waals surface area contributed by atoms with Gasteiger partial charge in [0.2, 0.25) is 0 Å². The number of aromatic nitrogens is 2. The van der Waals surface area contributed by atoms with Gasteiger partial charge in [-0.1, -0.05) is 16.8 Å². The molecule has 2 rings (SSSR count).